The zero-order valence-electron chi connectivity index (χ0n) is 22.3. The Balaban J connectivity index is 1.50. The molecular weight excluding hydrogens is 528 g/mol. The first-order valence-corrected chi connectivity index (χ1v) is 13.1. The number of aryl methyl sites for hydroxylation is 1. The van der Waals surface area contributed by atoms with E-state index in [-0.39, 0.29) is 13.0 Å². The average molecular weight is 559 g/mol. The van der Waals surface area contributed by atoms with Gasteiger partial charge in [-0.3, -0.25) is 14.3 Å². The van der Waals surface area contributed by atoms with Crippen molar-refractivity contribution in [2.24, 2.45) is 0 Å². The van der Waals surface area contributed by atoms with Gasteiger partial charge in [0, 0.05) is 18.2 Å². The van der Waals surface area contributed by atoms with Crippen LogP contribution in [0.4, 0.5) is 0 Å². The van der Waals surface area contributed by atoms with E-state index in [0.717, 1.165) is 16.7 Å². The lowest BCUT2D eigenvalue weighted by Crippen LogP contribution is -2.38. The Morgan fingerprint density at radius 3 is 2.15 bits per heavy atom. The molecule has 0 bridgehead atoms. The summed E-state index contributed by atoms with van der Waals surface area (Å²) < 4.78 is 19.5. The molecule has 0 unspecified atom stereocenters. The normalized spacial score (nSPS) is 18.7. The van der Waals surface area contributed by atoms with Gasteiger partial charge in [0.05, 0.1) is 12.7 Å². The van der Waals surface area contributed by atoms with Gasteiger partial charge in [-0.25, -0.2) is 9.59 Å². The van der Waals surface area contributed by atoms with Crippen molar-refractivity contribution >= 4 is 5.97 Å². The molecule has 0 spiro atoms. The second-order valence-electron chi connectivity index (χ2n) is 9.84. The van der Waals surface area contributed by atoms with Crippen LogP contribution in [0.25, 0.3) is 0 Å². The maximum absolute atomic E-state index is 12.4. The summed E-state index contributed by atoms with van der Waals surface area (Å²) in [6, 6.07) is 26.2. The van der Waals surface area contributed by atoms with Gasteiger partial charge in [-0.15, -0.1) is 0 Å². The smallest absolute Gasteiger partial charge is 0.341 e. The molecule has 0 amide bonds. The van der Waals surface area contributed by atoms with Crippen molar-refractivity contribution in [3.63, 3.8) is 0 Å². The number of hydrogen-bond acceptors (Lipinski definition) is 7. The number of aliphatic hydroxyl groups excluding tert-OH is 1. The third-order valence-electron chi connectivity index (χ3n) is 7.11. The molecule has 1 aliphatic rings. The standard InChI is InChI=1S/C31H30N2O8/c1-20-17-33(30(38)32-29(20)37)27-16-25(34)26(41-27)18-40-31(21-8-4-2-5-9-21,22-10-6-3-7-11-22)23-12-14-24(15-13-23)39-19-28(35)36/h2-15,17,25-27,34H,16,18-19H2,1H3,(H,35,36)(H,32,37,38)/t25-,26+,27+/m0/s1. The molecule has 0 saturated carbocycles. The summed E-state index contributed by atoms with van der Waals surface area (Å²) in [5.41, 5.74) is 0.510. The minimum absolute atomic E-state index is 0.0319. The first kappa shape index (κ1) is 28.0. The predicted octanol–water partition coefficient (Wildman–Crippen LogP) is 2.97. The zero-order valence-corrected chi connectivity index (χ0v) is 22.3. The van der Waals surface area contributed by atoms with Crippen molar-refractivity contribution < 1.29 is 29.2 Å². The van der Waals surface area contributed by atoms with Gasteiger partial charge < -0.3 is 24.4 Å². The molecule has 5 rings (SSSR count). The maximum atomic E-state index is 12.4. The third kappa shape index (κ3) is 5.85. The molecule has 212 valence electrons. The molecule has 3 atom stereocenters. The first-order valence-electron chi connectivity index (χ1n) is 13.1. The molecule has 3 aromatic carbocycles. The average Bonchev–Trinajstić information content (AvgIpc) is 3.35. The summed E-state index contributed by atoms with van der Waals surface area (Å²) in [4.78, 5) is 37.5. The van der Waals surface area contributed by atoms with Crippen LogP contribution in [-0.2, 0) is 19.9 Å². The molecule has 0 radical (unpaired) electrons. The van der Waals surface area contributed by atoms with Crippen LogP contribution in [0.3, 0.4) is 0 Å². The van der Waals surface area contributed by atoms with E-state index in [1.165, 1.54) is 10.8 Å². The minimum Gasteiger partial charge on any atom is -0.482 e. The van der Waals surface area contributed by atoms with Crippen molar-refractivity contribution in [3.8, 4) is 5.75 Å². The van der Waals surface area contributed by atoms with Gasteiger partial charge in [-0.1, -0.05) is 72.8 Å². The Kier molecular flexibility index (Phi) is 8.16. The summed E-state index contributed by atoms with van der Waals surface area (Å²) in [7, 11) is 0. The van der Waals surface area contributed by atoms with E-state index in [1.807, 2.05) is 72.8 Å². The molecule has 4 aromatic rings. The molecule has 1 aliphatic heterocycles. The van der Waals surface area contributed by atoms with Crippen LogP contribution in [0.15, 0.2) is 101 Å². The van der Waals surface area contributed by atoms with Crippen LogP contribution in [0, 0.1) is 6.92 Å². The van der Waals surface area contributed by atoms with Crippen LogP contribution in [-0.4, -0.2) is 51.2 Å². The summed E-state index contributed by atoms with van der Waals surface area (Å²) >= 11 is 0. The number of carbonyl (C=O) groups is 1. The fourth-order valence-corrected chi connectivity index (χ4v) is 5.07. The Hall–Kier alpha value is -4.51. The highest BCUT2D eigenvalue weighted by Crippen LogP contribution is 2.42. The van der Waals surface area contributed by atoms with Crippen molar-refractivity contribution in [2.45, 2.75) is 37.4 Å². The van der Waals surface area contributed by atoms with E-state index in [2.05, 4.69) is 4.98 Å². The number of carboxylic acids is 1. The third-order valence-corrected chi connectivity index (χ3v) is 7.11. The second-order valence-corrected chi connectivity index (χ2v) is 9.84. The second kappa shape index (κ2) is 11.9. The van der Waals surface area contributed by atoms with Crippen molar-refractivity contribution in [3.05, 3.63) is 134 Å². The number of ether oxygens (including phenoxy) is 3. The number of benzene rings is 3. The molecular formula is C31H30N2O8. The van der Waals surface area contributed by atoms with Gasteiger partial charge in [-0.2, -0.15) is 0 Å². The van der Waals surface area contributed by atoms with Crippen molar-refractivity contribution in [1.29, 1.82) is 0 Å². The number of nitrogens with one attached hydrogen (secondary N) is 1. The molecule has 2 heterocycles. The first-order chi connectivity index (χ1) is 19.8. The molecule has 0 aliphatic carbocycles. The van der Waals surface area contributed by atoms with E-state index >= 15 is 0 Å². The summed E-state index contributed by atoms with van der Waals surface area (Å²) in [6.45, 7) is 1.09. The highest BCUT2D eigenvalue weighted by molar-refractivity contribution is 5.68. The van der Waals surface area contributed by atoms with Gasteiger partial charge in [0.1, 0.15) is 23.7 Å². The summed E-state index contributed by atoms with van der Waals surface area (Å²) in [5, 5.41) is 19.9. The monoisotopic (exact) mass is 558 g/mol. The molecule has 3 N–H and O–H groups in total. The van der Waals surface area contributed by atoms with Gasteiger partial charge in [-0.05, 0) is 35.7 Å². The fourth-order valence-electron chi connectivity index (χ4n) is 5.07. The predicted molar refractivity (Wildman–Crippen MR) is 149 cm³/mol. The van der Waals surface area contributed by atoms with Gasteiger partial charge in [0.15, 0.2) is 6.61 Å². The molecule has 10 nitrogen and oxygen atoms in total. The van der Waals surface area contributed by atoms with Gasteiger partial charge >= 0.3 is 11.7 Å². The number of nitrogens with zero attached hydrogens (tertiary/aromatic N) is 1. The molecule has 41 heavy (non-hydrogen) atoms. The fraction of sp³-hybridized carbons (Fsp3) is 0.258. The minimum atomic E-state index is -1.14. The Bertz CT molecular complexity index is 1560. The summed E-state index contributed by atoms with van der Waals surface area (Å²) in [6.07, 6.45) is -0.929. The van der Waals surface area contributed by atoms with Crippen molar-refractivity contribution in [1.82, 2.24) is 9.55 Å². The zero-order chi connectivity index (χ0) is 29.0. The molecule has 10 heteroatoms. The summed E-state index contributed by atoms with van der Waals surface area (Å²) in [5.74, 6) is -0.682. The molecule has 1 fully saturated rings. The molecule has 1 saturated heterocycles. The van der Waals surface area contributed by atoms with Crippen LogP contribution in [0.5, 0.6) is 5.75 Å². The van der Waals surface area contributed by atoms with E-state index in [9.17, 15) is 19.5 Å². The van der Waals surface area contributed by atoms with E-state index in [1.54, 1.807) is 19.1 Å². The number of aliphatic hydroxyl groups is 1. The lowest BCUT2D eigenvalue weighted by Gasteiger charge is -2.37. The van der Waals surface area contributed by atoms with Crippen molar-refractivity contribution in [2.75, 3.05) is 13.2 Å². The van der Waals surface area contributed by atoms with E-state index in [0.29, 0.717) is 11.3 Å². The topological polar surface area (TPSA) is 140 Å². The van der Waals surface area contributed by atoms with Crippen LogP contribution in [0.2, 0.25) is 0 Å². The number of rotatable bonds is 10. The van der Waals surface area contributed by atoms with Gasteiger partial charge in [0.2, 0.25) is 0 Å². The van der Waals surface area contributed by atoms with E-state index in [4.69, 9.17) is 19.3 Å². The quantitative estimate of drug-likeness (QED) is 0.253. The number of aromatic nitrogens is 2. The SMILES string of the molecule is Cc1cn([C@H]2C[C@H](O)[C@@H](COC(c3ccccc3)(c3ccccc3)c3ccc(OCC(=O)O)cc3)O2)c(=O)[nH]c1=O. The number of carboxylic acid groups (broad SMARTS) is 1. The van der Waals surface area contributed by atoms with E-state index < -0.39 is 47.9 Å². The highest BCUT2D eigenvalue weighted by Gasteiger charge is 2.42. The Morgan fingerprint density at radius 1 is 0.976 bits per heavy atom. The number of H-pyrrole nitrogens is 1. The lowest BCUT2D eigenvalue weighted by atomic mass is 9.80. The van der Waals surface area contributed by atoms with Gasteiger partial charge in [0.25, 0.3) is 5.56 Å². The maximum Gasteiger partial charge on any atom is 0.341 e. The van der Waals surface area contributed by atoms with Crippen LogP contribution < -0.4 is 16.0 Å². The number of hydrogen-bond donors (Lipinski definition) is 3. The molecule has 1 aromatic heterocycles. The van der Waals surface area contributed by atoms with Crippen LogP contribution in [0.1, 0.15) is 34.9 Å². The number of aromatic amines is 1. The van der Waals surface area contributed by atoms with Crippen LogP contribution >= 0.6 is 0 Å². The lowest BCUT2D eigenvalue weighted by molar-refractivity contribution is -0.139. The Labute approximate surface area is 235 Å². The highest BCUT2D eigenvalue weighted by atomic mass is 16.6. The largest absolute Gasteiger partial charge is 0.482 e. The Morgan fingerprint density at radius 2 is 1.56 bits per heavy atom. The number of aliphatic carboxylic acids is 1.